The van der Waals surface area contributed by atoms with Gasteiger partial charge in [0.25, 0.3) is 0 Å². The molecule has 0 spiro atoms. The van der Waals surface area contributed by atoms with Gasteiger partial charge in [-0.3, -0.25) is 0 Å². The molecule has 0 aliphatic carbocycles. The minimum absolute atomic E-state index is 0.304. The van der Waals surface area contributed by atoms with E-state index in [-0.39, 0.29) is 0 Å². The molecule has 0 fully saturated rings. The third kappa shape index (κ3) is 1.50. The predicted octanol–water partition coefficient (Wildman–Crippen LogP) is 1.84. The Balaban J connectivity index is 2.52. The SMILES string of the molecule is O=C([O-])c1sccc1-c1ccsc1. The highest BCUT2D eigenvalue weighted by molar-refractivity contribution is 7.12. The summed E-state index contributed by atoms with van der Waals surface area (Å²) in [4.78, 5) is 11.0. The molecule has 0 atom stereocenters. The first-order valence-electron chi connectivity index (χ1n) is 3.60. The van der Waals surface area contributed by atoms with Crippen LogP contribution in [0, 0.1) is 0 Å². The molecule has 0 bridgehead atoms. The van der Waals surface area contributed by atoms with Crippen molar-refractivity contribution in [1.29, 1.82) is 0 Å². The molecule has 0 aliphatic rings. The van der Waals surface area contributed by atoms with Crippen molar-refractivity contribution in [2.24, 2.45) is 0 Å². The van der Waals surface area contributed by atoms with E-state index in [0.717, 1.165) is 11.1 Å². The summed E-state index contributed by atoms with van der Waals surface area (Å²) in [5.74, 6) is -1.10. The fraction of sp³-hybridized carbons (Fsp3) is 0. The highest BCUT2D eigenvalue weighted by Gasteiger charge is 2.07. The van der Waals surface area contributed by atoms with Gasteiger partial charge in [-0.25, -0.2) is 0 Å². The number of carbonyl (C=O) groups is 1. The van der Waals surface area contributed by atoms with Crippen LogP contribution in [0.5, 0.6) is 0 Å². The van der Waals surface area contributed by atoms with Crippen LogP contribution in [-0.2, 0) is 0 Å². The van der Waals surface area contributed by atoms with Crippen molar-refractivity contribution >= 4 is 28.6 Å². The van der Waals surface area contributed by atoms with Gasteiger partial charge in [-0.1, -0.05) is 0 Å². The molecule has 66 valence electrons. The van der Waals surface area contributed by atoms with E-state index < -0.39 is 5.97 Å². The number of thiophene rings is 2. The molecule has 0 N–H and O–H groups in total. The normalized spacial score (nSPS) is 10.2. The zero-order valence-corrected chi connectivity index (χ0v) is 8.15. The van der Waals surface area contributed by atoms with Crippen molar-refractivity contribution in [3.05, 3.63) is 33.2 Å². The Morgan fingerprint density at radius 2 is 2.15 bits per heavy atom. The lowest BCUT2D eigenvalue weighted by atomic mass is 10.1. The van der Waals surface area contributed by atoms with Crippen LogP contribution in [0.15, 0.2) is 28.3 Å². The van der Waals surface area contributed by atoms with E-state index in [0.29, 0.717) is 4.88 Å². The van der Waals surface area contributed by atoms with Gasteiger partial charge in [0.15, 0.2) is 0 Å². The topological polar surface area (TPSA) is 40.1 Å². The summed E-state index contributed by atoms with van der Waals surface area (Å²) >= 11 is 2.75. The second-order valence-corrected chi connectivity index (χ2v) is 4.16. The van der Waals surface area contributed by atoms with Gasteiger partial charge in [0.1, 0.15) is 0 Å². The van der Waals surface area contributed by atoms with Gasteiger partial charge < -0.3 is 9.90 Å². The van der Waals surface area contributed by atoms with E-state index in [1.165, 1.54) is 11.3 Å². The van der Waals surface area contributed by atoms with Crippen LogP contribution >= 0.6 is 22.7 Å². The number of rotatable bonds is 2. The van der Waals surface area contributed by atoms with Crippen molar-refractivity contribution in [3.63, 3.8) is 0 Å². The standard InChI is InChI=1S/C9H6O2S2/c10-9(11)8-7(2-4-13-8)6-1-3-12-5-6/h1-5H,(H,10,11)/p-1. The van der Waals surface area contributed by atoms with Crippen molar-refractivity contribution in [3.8, 4) is 11.1 Å². The minimum atomic E-state index is -1.10. The average Bonchev–Trinajstić information content (AvgIpc) is 2.74. The number of carbonyl (C=O) groups excluding carboxylic acids is 1. The first-order chi connectivity index (χ1) is 6.29. The smallest absolute Gasteiger partial charge is 0.0821 e. The fourth-order valence-corrected chi connectivity index (χ4v) is 2.52. The van der Waals surface area contributed by atoms with Crippen LogP contribution in [0.1, 0.15) is 9.67 Å². The van der Waals surface area contributed by atoms with Crippen LogP contribution in [0.25, 0.3) is 11.1 Å². The van der Waals surface area contributed by atoms with E-state index in [1.54, 1.807) is 22.8 Å². The molecule has 0 saturated carbocycles. The van der Waals surface area contributed by atoms with Gasteiger partial charge >= 0.3 is 0 Å². The lowest BCUT2D eigenvalue weighted by molar-refractivity contribution is -0.254. The van der Waals surface area contributed by atoms with Crippen LogP contribution in [0.3, 0.4) is 0 Å². The largest absolute Gasteiger partial charge is 0.544 e. The molecular formula is C9H5O2S2-. The summed E-state index contributed by atoms with van der Waals surface area (Å²) in [5.41, 5.74) is 1.71. The zero-order chi connectivity index (χ0) is 9.26. The van der Waals surface area contributed by atoms with Crippen LogP contribution in [0.2, 0.25) is 0 Å². The van der Waals surface area contributed by atoms with E-state index in [2.05, 4.69) is 0 Å². The summed E-state index contributed by atoms with van der Waals surface area (Å²) in [5, 5.41) is 16.3. The predicted molar refractivity (Wildman–Crippen MR) is 52.0 cm³/mol. The van der Waals surface area contributed by atoms with Gasteiger partial charge in [0.2, 0.25) is 0 Å². The maximum atomic E-state index is 10.7. The molecule has 2 heterocycles. The van der Waals surface area contributed by atoms with E-state index >= 15 is 0 Å². The fourth-order valence-electron chi connectivity index (χ4n) is 1.11. The Kier molecular flexibility index (Phi) is 2.16. The Hall–Kier alpha value is -1.13. The quantitative estimate of drug-likeness (QED) is 0.757. The number of hydrogen-bond acceptors (Lipinski definition) is 4. The Morgan fingerprint density at radius 3 is 2.77 bits per heavy atom. The molecule has 0 aromatic carbocycles. The van der Waals surface area contributed by atoms with Crippen LogP contribution in [-0.4, -0.2) is 5.97 Å². The Labute approximate surface area is 83.1 Å². The first kappa shape index (κ1) is 8.47. The van der Waals surface area contributed by atoms with Crippen molar-refractivity contribution < 1.29 is 9.90 Å². The van der Waals surface area contributed by atoms with Crippen LogP contribution in [0.4, 0.5) is 0 Å². The monoisotopic (exact) mass is 209 g/mol. The first-order valence-corrected chi connectivity index (χ1v) is 5.42. The van der Waals surface area contributed by atoms with Crippen molar-refractivity contribution in [2.45, 2.75) is 0 Å². The maximum absolute atomic E-state index is 10.7. The van der Waals surface area contributed by atoms with Gasteiger partial charge in [-0.15, -0.1) is 11.3 Å². The molecular weight excluding hydrogens is 204 g/mol. The lowest BCUT2D eigenvalue weighted by Gasteiger charge is -2.01. The summed E-state index contributed by atoms with van der Waals surface area (Å²) in [7, 11) is 0. The summed E-state index contributed by atoms with van der Waals surface area (Å²) in [6.07, 6.45) is 0. The lowest BCUT2D eigenvalue weighted by Crippen LogP contribution is -2.21. The summed E-state index contributed by atoms with van der Waals surface area (Å²) < 4.78 is 0. The third-order valence-corrected chi connectivity index (χ3v) is 3.26. The molecule has 2 aromatic rings. The molecule has 2 aromatic heterocycles. The van der Waals surface area contributed by atoms with Gasteiger partial charge in [0, 0.05) is 5.56 Å². The number of carboxylic acid groups (broad SMARTS) is 1. The summed E-state index contributed by atoms with van der Waals surface area (Å²) in [6.45, 7) is 0. The molecule has 0 radical (unpaired) electrons. The molecule has 0 amide bonds. The number of carboxylic acids is 1. The molecule has 0 aliphatic heterocycles. The van der Waals surface area contributed by atoms with E-state index in [1.807, 2.05) is 16.8 Å². The Bertz CT molecular complexity index is 415. The second kappa shape index (κ2) is 3.32. The zero-order valence-electron chi connectivity index (χ0n) is 6.52. The van der Waals surface area contributed by atoms with Gasteiger partial charge in [-0.2, -0.15) is 11.3 Å². The maximum Gasteiger partial charge on any atom is 0.0821 e. The second-order valence-electron chi connectivity index (χ2n) is 2.46. The van der Waals surface area contributed by atoms with Gasteiger partial charge in [0.05, 0.1) is 10.8 Å². The number of hydrogen-bond donors (Lipinski definition) is 0. The van der Waals surface area contributed by atoms with Gasteiger partial charge in [-0.05, 0) is 33.8 Å². The molecule has 2 rings (SSSR count). The highest BCUT2D eigenvalue weighted by atomic mass is 32.1. The molecule has 4 heteroatoms. The minimum Gasteiger partial charge on any atom is -0.544 e. The molecule has 13 heavy (non-hydrogen) atoms. The highest BCUT2D eigenvalue weighted by Crippen LogP contribution is 2.29. The summed E-state index contributed by atoms with van der Waals surface area (Å²) in [6, 6.07) is 3.71. The Morgan fingerprint density at radius 1 is 1.31 bits per heavy atom. The van der Waals surface area contributed by atoms with Crippen LogP contribution < -0.4 is 5.11 Å². The molecule has 0 saturated heterocycles. The number of aromatic carboxylic acids is 1. The van der Waals surface area contributed by atoms with Crippen molar-refractivity contribution in [1.82, 2.24) is 0 Å². The van der Waals surface area contributed by atoms with Crippen molar-refractivity contribution in [2.75, 3.05) is 0 Å². The van der Waals surface area contributed by atoms with E-state index in [9.17, 15) is 9.90 Å². The average molecular weight is 209 g/mol. The van der Waals surface area contributed by atoms with E-state index in [4.69, 9.17) is 0 Å². The third-order valence-electron chi connectivity index (χ3n) is 1.68. The molecule has 0 unspecified atom stereocenters. The molecule has 2 nitrogen and oxygen atoms in total.